The molecule has 2 rings (SSSR count). The van der Waals surface area contributed by atoms with E-state index in [0.29, 0.717) is 12.3 Å². The van der Waals surface area contributed by atoms with E-state index in [-0.39, 0.29) is 11.9 Å². The molecular weight excluding hydrogens is 212 g/mol. The summed E-state index contributed by atoms with van der Waals surface area (Å²) >= 11 is 0. The van der Waals surface area contributed by atoms with E-state index in [4.69, 9.17) is 0 Å². The van der Waals surface area contributed by atoms with Gasteiger partial charge in [-0.15, -0.1) is 0 Å². The van der Waals surface area contributed by atoms with E-state index >= 15 is 0 Å². The van der Waals surface area contributed by atoms with Crippen LogP contribution in [0.2, 0.25) is 0 Å². The molecule has 1 aromatic carbocycles. The molecule has 2 N–H and O–H groups in total. The number of benzene rings is 1. The van der Waals surface area contributed by atoms with Crippen molar-refractivity contribution >= 4 is 11.6 Å². The Hall–Kier alpha value is -1.51. The average Bonchev–Trinajstić information content (AvgIpc) is 2.27. The second-order valence-electron chi connectivity index (χ2n) is 5.10. The minimum absolute atomic E-state index is 0.159. The number of nitrogens with one attached hydrogen (secondary N) is 2. The summed E-state index contributed by atoms with van der Waals surface area (Å²) in [5, 5.41) is 6.45. The van der Waals surface area contributed by atoms with Crippen LogP contribution in [-0.2, 0) is 11.2 Å². The standard InChI is InChI=1S/C14H20N2O/c1-10(2)7-14(17)16-12-8-11-5-3-4-6-13(11)15-9-12/h3-6,10,12,15H,7-9H2,1-2H3,(H,16,17). The van der Waals surface area contributed by atoms with Gasteiger partial charge in [-0.1, -0.05) is 32.0 Å². The Morgan fingerprint density at radius 3 is 3.00 bits per heavy atom. The van der Waals surface area contributed by atoms with Crippen LogP contribution in [0.15, 0.2) is 24.3 Å². The molecule has 0 fully saturated rings. The summed E-state index contributed by atoms with van der Waals surface area (Å²) in [4.78, 5) is 11.7. The predicted octanol–water partition coefficient (Wildman–Crippen LogP) is 2.19. The lowest BCUT2D eigenvalue weighted by Gasteiger charge is -2.27. The van der Waals surface area contributed by atoms with Crippen molar-refractivity contribution in [2.45, 2.75) is 32.7 Å². The second-order valence-corrected chi connectivity index (χ2v) is 5.10. The van der Waals surface area contributed by atoms with E-state index in [1.54, 1.807) is 0 Å². The highest BCUT2D eigenvalue weighted by atomic mass is 16.1. The van der Waals surface area contributed by atoms with Crippen LogP contribution in [0.5, 0.6) is 0 Å². The number of hydrogen-bond donors (Lipinski definition) is 2. The molecule has 17 heavy (non-hydrogen) atoms. The molecule has 0 saturated heterocycles. The molecule has 0 radical (unpaired) electrons. The van der Waals surface area contributed by atoms with Crippen LogP contribution in [0.25, 0.3) is 0 Å². The first kappa shape index (κ1) is 12.0. The summed E-state index contributed by atoms with van der Waals surface area (Å²) in [5.41, 5.74) is 2.48. The van der Waals surface area contributed by atoms with Crippen molar-refractivity contribution in [3.63, 3.8) is 0 Å². The molecule has 1 aliphatic rings. The summed E-state index contributed by atoms with van der Waals surface area (Å²) in [5.74, 6) is 0.574. The van der Waals surface area contributed by atoms with Crippen molar-refractivity contribution < 1.29 is 4.79 Å². The van der Waals surface area contributed by atoms with Gasteiger partial charge >= 0.3 is 0 Å². The first-order valence-electron chi connectivity index (χ1n) is 6.26. The van der Waals surface area contributed by atoms with Crippen molar-refractivity contribution in [2.24, 2.45) is 5.92 Å². The normalized spacial score (nSPS) is 18.4. The van der Waals surface area contributed by atoms with Crippen molar-refractivity contribution in [1.29, 1.82) is 0 Å². The topological polar surface area (TPSA) is 41.1 Å². The zero-order valence-electron chi connectivity index (χ0n) is 10.5. The van der Waals surface area contributed by atoms with Crippen LogP contribution in [0, 0.1) is 5.92 Å². The lowest BCUT2D eigenvalue weighted by atomic mass is 9.99. The van der Waals surface area contributed by atoms with Gasteiger partial charge in [-0.2, -0.15) is 0 Å². The summed E-state index contributed by atoms with van der Waals surface area (Å²) in [7, 11) is 0. The quantitative estimate of drug-likeness (QED) is 0.838. The first-order valence-corrected chi connectivity index (χ1v) is 6.26. The van der Waals surface area contributed by atoms with E-state index in [9.17, 15) is 4.79 Å². The SMILES string of the molecule is CC(C)CC(=O)NC1CNc2ccccc2C1. The Balaban J connectivity index is 1.92. The number of hydrogen-bond acceptors (Lipinski definition) is 2. The molecule has 1 unspecified atom stereocenters. The van der Waals surface area contributed by atoms with E-state index in [1.165, 1.54) is 11.3 Å². The fraction of sp³-hybridized carbons (Fsp3) is 0.500. The third-order valence-corrected chi connectivity index (χ3v) is 2.98. The molecule has 0 bridgehead atoms. The Bertz CT molecular complexity index is 401. The fourth-order valence-electron chi connectivity index (χ4n) is 2.20. The Kier molecular flexibility index (Phi) is 3.67. The van der Waals surface area contributed by atoms with Crippen LogP contribution in [0.4, 0.5) is 5.69 Å². The summed E-state index contributed by atoms with van der Waals surface area (Å²) in [6.07, 6.45) is 1.53. The third-order valence-electron chi connectivity index (χ3n) is 2.98. The average molecular weight is 232 g/mol. The van der Waals surface area contributed by atoms with Crippen molar-refractivity contribution in [3.05, 3.63) is 29.8 Å². The van der Waals surface area contributed by atoms with Crippen LogP contribution < -0.4 is 10.6 Å². The molecule has 3 heteroatoms. The van der Waals surface area contributed by atoms with E-state index < -0.39 is 0 Å². The molecule has 1 aromatic rings. The number of carbonyl (C=O) groups excluding carboxylic acids is 1. The van der Waals surface area contributed by atoms with E-state index in [2.05, 4.69) is 36.6 Å². The Labute approximate surface area is 103 Å². The maximum atomic E-state index is 11.7. The molecular formula is C14H20N2O. The molecule has 1 heterocycles. The Morgan fingerprint density at radius 1 is 1.47 bits per heavy atom. The molecule has 92 valence electrons. The Morgan fingerprint density at radius 2 is 2.24 bits per heavy atom. The minimum atomic E-state index is 0.159. The van der Waals surface area contributed by atoms with Crippen molar-refractivity contribution in [2.75, 3.05) is 11.9 Å². The number of anilines is 1. The largest absolute Gasteiger partial charge is 0.383 e. The van der Waals surface area contributed by atoms with Gasteiger partial charge in [0.05, 0.1) is 6.04 Å². The van der Waals surface area contributed by atoms with Gasteiger partial charge in [0.25, 0.3) is 0 Å². The molecule has 1 amide bonds. The van der Waals surface area contributed by atoms with Crippen molar-refractivity contribution in [1.82, 2.24) is 5.32 Å². The van der Waals surface area contributed by atoms with E-state index in [1.807, 2.05) is 12.1 Å². The third kappa shape index (κ3) is 3.22. The van der Waals surface area contributed by atoms with Gasteiger partial charge < -0.3 is 10.6 Å². The molecule has 1 atom stereocenters. The number of carbonyl (C=O) groups is 1. The van der Waals surface area contributed by atoms with Gasteiger partial charge in [0.1, 0.15) is 0 Å². The maximum Gasteiger partial charge on any atom is 0.220 e. The maximum absolute atomic E-state index is 11.7. The van der Waals surface area contributed by atoms with Crippen LogP contribution in [0.3, 0.4) is 0 Å². The molecule has 0 aliphatic carbocycles. The summed E-state index contributed by atoms with van der Waals surface area (Å²) < 4.78 is 0. The van der Waals surface area contributed by atoms with E-state index in [0.717, 1.165) is 13.0 Å². The second kappa shape index (κ2) is 5.21. The molecule has 3 nitrogen and oxygen atoms in total. The minimum Gasteiger partial charge on any atom is -0.383 e. The first-order chi connectivity index (χ1) is 8.15. The van der Waals surface area contributed by atoms with Gasteiger partial charge in [-0.3, -0.25) is 4.79 Å². The molecule has 0 spiro atoms. The zero-order chi connectivity index (χ0) is 12.3. The van der Waals surface area contributed by atoms with Gasteiger partial charge in [0.15, 0.2) is 0 Å². The molecule has 0 aromatic heterocycles. The predicted molar refractivity (Wildman–Crippen MR) is 70.0 cm³/mol. The van der Waals surface area contributed by atoms with Crippen molar-refractivity contribution in [3.8, 4) is 0 Å². The van der Waals surface area contributed by atoms with Crippen LogP contribution in [-0.4, -0.2) is 18.5 Å². The van der Waals surface area contributed by atoms with Gasteiger partial charge in [-0.25, -0.2) is 0 Å². The molecule has 1 aliphatic heterocycles. The van der Waals surface area contributed by atoms with Gasteiger partial charge in [-0.05, 0) is 24.0 Å². The van der Waals surface area contributed by atoms with Gasteiger partial charge in [0.2, 0.25) is 5.91 Å². The lowest BCUT2D eigenvalue weighted by molar-refractivity contribution is -0.122. The smallest absolute Gasteiger partial charge is 0.220 e. The van der Waals surface area contributed by atoms with Crippen LogP contribution in [0.1, 0.15) is 25.8 Å². The number of fused-ring (bicyclic) bond motifs is 1. The van der Waals surface area contributed by atoms with Gasteiger partial charge in [0, 0.05) is 18.7 Å². The highest BCUT2D eigenvalue weighted by Gasteiger charge is 2.19. The number of para-hydroxylation sites is 1. The number of rotatable bonds is 3. The summed E-state index contributed by atoms with van der Waals surface area (Å²) in [6.45, 7) is 4.95. The molecule has 0 saturated carbocycles. The fourth-order valence-corrected chi connectivity index (χ4v) is 2.20. The highest BCUT2D eigenvalue weighted by molar-refractivity contribution is 5.76. The van der Waals surface area contributed by atoms with Crippen LogP contribution >= 0.6 is 0 Å². The summed E-state index contributed by atoms with van der Waals surface area (Å²) in [6, 6.07) is 8.49. The monoisotopic (exact) mass is 232 g/mol. The zero-order valence-corrected chi connectivity index (χ0v) is 10.5. The number of amides is 1. The lowest BCUT2D eigenvalue weighted by Crippen LogP contribution is -2.43. The highest BCUT2D eigenvalue weighted by Crippen LogP contribution is 2.21.